The fourth-order valence-electron chi connectivity index (χ4n) is 1.89. The fraction of sp³-hybridized carbons (Fsp3) is 0.167. The number of aliphatic hydroxyl groups excluding tert-OH is 1. The van der Waals surface area contributed by atoms with Crippen LogP contribution in [0.25, 0.3) is 5.57 Å². The molecular formula is C12H11FO6. The lowest BCUT2D eigenvalue weighted by molar-refractivity contribution is 0.326. The largest absolute Gasteiger partial charge is 0.512 e. The van der Waals surface area contributed by atoms with Gasteiger partial charge in [-0.2, -0.15) is 0 Å². The SMILES string of the molecule is OC1=C(c2c(O)c(O)c(O)c(O)c2O)C(F)=CCC1. The first-order valence-corrected chi connectivity index (χ1v) is 5.33. The second kappa shape index (κ2) is 4.27. The summed E-state index contributed by atoms with van der Waals surface area (Å²) >= 11 is 0. The highest BCUT2D eigenvalue weighted by Gasteiger charge is 2.30. The van der Waals surface area contributed by atoms with E-state index in [0.717, 1.165) is 6.08 Å². The van der Waals surface area contributed by atoms with Crippen LogP contribution in [-0.4, -0.2) is 30.6 Å². The van der Waals surface area contributed by atoms with Gasteiger partial charge >= 0.3 is 0 Å². The number of aliphatic hydroxyl groups is 1. The third-order valence-corrected chi connectivity index (χ3v) is 2.85. The molecule has 0 radical (unpaired) electrons. The zero-order chi connectivity index (χ0) is 14.3. The summed E-state index contributed by atoms with van der Waals surface area (Å²) in [4.78, 5) is 0. The normalized spacial score (nSPS) is 15.5. The summed E-state index contributed by atoms with van der Waals surface area (Å²) in [6.45, 7) is 0. The Balaban J connectivity index is 2.81. The van der Waals surface area contributed by atoms with Crippen molar-refractivity contribution in [3.05, 3.63) is 23.2 Å². The minimum absolute atomic E-state index is 0.0734. The highest BCUT2D eigenvalue weighted by molar-refractivity contribution is 5.89. The molecule has 0 amide bonds. The van der Waals surface area contributed by atoms with Crippen LogP contribution in [0.5, 0.6) is 28.7 Å². The van der Waals surface area contributed by atoms with Crippen molar-refractivity contribution in [1.29, 1.82) is 0 Å². The van der Waals surface area contributed by atoms with Crippen LogP contribution in [0.4, 0.5) is 4.39 Å². The third-order valence-electron chi connectivity index (χ3n) is 2.85. The number of rotatable bonds is 1. The van der Waals surface area contributed by atoms with Crippen LogP contribution in [0.2, 0.25) is 0 Å². The number of halogens is 1. The molecule has 0 bridgehead atoms. The van der Waals surface area contributed by atoms with Gasteiger partial charge in [-0.05, 0) is 12.5 Å². The smallest absolute Gasteiger partial charge is 0.208 e. The van der Waals surface area contributed by atoms with Crippen molar-refractivity contribution < 1.29 is 35.0 Å². The van der Waals surface area contributed by atoms with Crippen molar-refractivity contribution in [2.24, 2.45) is 0 Å². The van der Waals surface area contributed by atoms with E-state index in [0.29, 0.717) is 0 Å². The van der Waals surface area contributed by atoms with Crippen molar-refractivity contribution >= 4 is 5.57 Å². The van der Waals surface area contributed by atoms with Crippen LogP contribution in [0.1, 0.15) is 18.4 Å². The first kappa shape index (κ1) is 12.9. The van der Waals surface area contributed by atoms with Gasteiger partial charge in [0.25, 0.3) is 0 Å². The van der Waals surface area contributed by atoms with Crippen LogP contribution in [-0.2, 0) is 0 Å². The van der Waals surface area contributed by atoms with E-state index >= 15 is 0 Å². The molecule has 1 aromatic carbocycles. The highest BCUT2D eigenvalue weighted by atomic mass is 19.1. The Morgan fingerprint density at radius 3 is 1.74 bits per heavy atom. The van der Waals surface area contributed by atoms with Gasteiger partial charge in [0.2, 0.25) is 17.2 Å². The van der Waals surface area contributed by atoms with E-state index in [1.54, 1.807) is 0 Å². The molecule has 19 heavy (non-hydrogen) atoms. The predicted molar refractivity (Wildman–Crippen MR) is 62.7 cm³/mol. The molecule has 6 N–H and O–H groups in total. The summed E-state index contributed by atoms with van der Waals surface area (Å²) < 4.78 is 13.7. The van der Waals surface area contributed by atoms with E-state index in [-0.39, 0.29) is 12.8 Å². The van der Waals surface area contributed by atoms with Crippen molar-refractivity contribution in [3.63, 3.8) is 0 Å². The zero-order valence-electron chi connectivity index (χ0n) is 9.55. The van der Waals surface area contributed by atoms with E-state index in [1.165, 1.54) is 0 Å². The molecule has 6 nitrogen and oxygen atoms in total. The molecule has 1 aliphatic carbocycles. The second-order valence-electron chi connectivity index (χ2n) is 4.03. The van der Waals surface area contributed by atoms with Gasteiger partial charge in [-0.3, -0.25) is 0 Å². The number of allylic oxidation sites excluding steroid dienone is 4. The van der Waals surface area contributed by atoms with Gasteiger partial charge in [-0.15, -0.1) is 0 Å². The Morgan fingerprint density at radius 2 is 1.26 bits per heavy atom. The Bertz CT molecular complexity index is 588. The van der Waals surface area contributed by atoms with Crippen LogP contribution in [0.3, 0.4) is 0 Å². The average Bonchev–Trinajstić information content (AvgIpc) is 2.37. The first-order valence-electron chi connectivity index (χ1n) is 5.33. The Labute approximate surface area is 106 Å². The molecule has 1 aromatic rings. The molecule has 0 spiro atoms. The van der Waals surface area contributed by atoms with Crippen molar-refractivity contribution in [2.75, 3.05) is 0 Å². The molecule has 2 rings (SSSR count). The average molecular weight is 270 g/mol. The third kappa shape index (κ3) is 1.79. The van der Waals surface area contributed by atoms with Crippen molar-refractivity contribution in [2.45, 2.75) is 12.8 Å². The van der Waals surface area contributed by atoms with Gasteiger partial charge in [0.05, 0.1) is 11.1 Å². The highest BCUT2D eigenvalue weighted by Crippen LogP contribution is 2.55. The van der Waals surface area contributed by atoms with E-state index < -0.39 is 51.5 Å². The maximum Gasteiger partial charge on any atom is 0.208 e. The molecule has 7 heteroatoms. The van der Waals surface area contributed by atoms with Crippen LogP contribution >= 0.6 is 0 Å². The first-order chi connectivity index (χ1) is 8.86. The van der Waals surface area contributed by atoms with Gasteiger partial charge in [-0.1, -0.05) is 0 Å². The Morgan fingerprint density at radius 1 is 0.789 bits per heavy atom. The van der Waals surface area contributed by atoms with Crippen LogP contribution in [0, 0.1) is 0 Å². The monoisotopic (exact) mass is 270 g/mol. The minimum Gasteiger partial charge on any atom is -0.512 e. The van der Waals surface area contributed by atoms with Crippen molar-refractivity contribution in [3.8, 4) is 28.7 Å². The van der Waals surface area contributed by atoms with Gasteiger partial charge < -0.3 is 30.6 Å². The maximum absolute atomic E-state index is 13.7. The Kier molecular flexibility index (Phi) is 2.89. The second-order valence-corrected chi connectivity index (χ2v) is 4.03. The molecule has 0 heterocycles. The number of hydrogen-bond donors (Lipinski definition) is 6. The summed E-state index contributed by atoms with van der Waals surface area (Å²) in [6, 6.07) is 0. The summed E-state index contributed by atoms with van der Waals surface area (Å²) in [6.07, 6.45) is 1.43. The number of phenolic OH excluding ortho intramolecular Hbond substituents is 5. The fourth-order valence-corrected chi connectivity index (χ4v) is 1.89. The quantitative estimate of drug-likeness (QED) is 0.343. The molecule has 0 atom stereocenters. The molecule has 102 valence electrons. The van der Waals surface area contributed by atoms with Crippen LogP contribution in [0.15, 0.2) is 17.7 Å². The minimum atomic E-state index is -1.14. The number of hydrogen-bond acceptors (Lipinski definition) is 6. The summed E-state index contributed by atoms with van der Waals surface area (Å²) in [7, 11) is 0. The standard InChI is InChI=1S/C12H11FO6/c13-4-2-1-3-5(14)6(4)7-8(15)10(17)12(19)11(18)9(7)16/h2,14-19H,1,3H2. The Hall–Kier alpha value is -2.57. The molecule has 0 saturated carbocycles. The molecular weight excluding hydrogens is 259 g/mol. The predicted octanol–water partition coefficient (Wildman–Crippen LogP) is 2.13. The molecule has 0 fully saturated rings. The number of benzene rings is 1. The molecule has 0 unspecified atom stereocenters. The van der Waals surface area contributed by atoms with Crippen LogP contribution < -0.4 is 0 Å². The van der Waals surface area contributed by atoms with Gasteiger partial charge in [0, 0.05) is 6.42 Å². The van der Waals surface area contributed by atoms with E-state index in [2.05, 4.69) is 0 Å². The van der Waals surface area contributed by atoms with Gasteiger partial charge in [0.1, 0.15) is 11.6 Å². The zero-order valence-corrected chi connectivity index (χ0v) is 9.55. The van der Waals surface area contributed by atoms with E-state index in [9.17, 15) is 35.0 Å². The molecule has 0 saturated heterocycles. The lowest BCUT2D eigenvalue weighted by atomic mass is 9.94. The summed E-state index contributed by atoms with van der Waals surface area (Å²) in [5.41, 5.74) is -1.22. The van der Waals surface area contributed by atoms with Crippen molar-refractivity contribution in [1.82, 2.24) is 0 Å². The lowest BCUT2D eigenvalue weighted by Gasteiger charge is -2.17. The summed E-state index contributed by atoms with van der Waals surface area (Å²) in [5.74, 6) is -6.83. The maximum atomic E-state index is 13.7. The molecule has 1 aliphatic rings. The number of phenols is 5. The van der Waals surface area contributed by atoms with E-state index in [1.807, 2.05) is 0 Å². The molecule has 0 aromatic heterocycles. The van der Waals surface area contributed by atoms with E-state index in [4.69, 9.17) is 0 Å². The van der Waals surface area contributed by atoms with Gasteiger partial charge in [-0.25, -0.2) is 4.39 Å². The number of aromatic hydroxyl groups is 5. The lowest BCUT2D eigenvalue weighted by Crippen LogP contribution is -1.99. The topological polar surface area (TPSA) is 121 Å². The molecule has 0 aliphatic heterocycles. The summed E-state index contributed by atoms with van der Waals surface area (Å²) in [5, 5.41) is 56.9. The van der Waals surface area contributed by atoms with Gasteiger partial charge in [0.15, 0.2) is 11.5 Å².